The minimum absolute atomic E-state index is 0.000926. The van der Waals surface area contributed by atoms with Crippen molar-refractivity contribution in [3.63, 3.8) is 0 Å². The molecule has 13 heavy (non-hydrogen) atoms. The van der Waals surface area contributed by atoms with Gasteiger partial charge in [-0.25, -0.2) is 0 Å². The molecule has 3 atom stereocenters. The number of hydrogen-bond acceptors (Lipinski definition) is 1. The van der Waals surface area contributed by atoms with Gasteiger partial charge in [0.15, 0.2) is 0 Å². The molecule has 1 nitrogen and oxygen atoms in total. The summed E-state index contributed by atoms with van der Waals surface area (Å²) in [7, 11) is 0. The molecular weight excluding hydrogens is 181 g/mol. The predicted octanol–water partition coefficient (Wildman–Crippen LogP) is 2.51. The number of allylic oxidation sites excluding steroid dienone is 2. The summed E-state index contributed by atoms with van der Waals surface area (Å²) < 4.78 is 37.2. The second-order valence-corrected chi connectivity index (χ2v) is 3.50. The highest BCUT2D eigenvalue weighted by Gasteiger charge is 2.45. The van der Waals surface area contributed by atoms with E-state index in [1.165, 1.54) is 13.0 Å². The van der Waals surface area contributed by atoms with Gasteiger partial charge < -0.3 is 5.11 Å². The van der Waals surface area contributed by atoms with Gasteiger partial charge >= 0.3 is 6.18 Å². The smallest absolute Gasteiger partial charge is 0.392 e. The molecule has 0 aliphatic heterocycles. The highest BCUT2D eigenvalue weighted by Crippen LogP contribution is 2.40. The Morgan fingerprint density at radius 2 is 1.85 bits per heavy atom. The summed E-state index contributed by atoms with van der Waals surface area (Å²) in [5.41, 5.74) is 0. The molecule has 0 saturated carbocycles. The summed E-state index contributed by atoms with van der Waals surface area (Å²) in [5.74, 6) is -2.05. The monoisotopic (exact) mass is 194 g/mol. The Morgan fingerprint density at radius 3 is 2.23 bits per heavy atom. The second kappa shape index (κ2) is 3.70. The number of aliphatic hydroxyl groups excluding tert-OH is 1. The molecule has 0 heterocycles. The van der Waals surface area contributed by atoms with E-state index in [9.17, 15) is 18.3 Å². The van der Waals surface area contributed by atoms with E-state index in [0.29, 0.717) is 6.42 Å². The van der Waals surface area contributed by atoms with Crippen LogP contribution in [0.1, 0.15) is 19.8 Å². The summed E-state index contributed by atoms with van der Waals surface area (Å²) in [6.07, 6.45) is -1.51. The van der Waals surface area contributed by atoms with E-state index in [4.69, 9.17) is 0 Å². The van der Waals surface area contributed by atoms with Crippen molar-refractivity contribution in [1.82, 2.24) is 0 Å². The van der Waals surface area contributed by atoms with Crippen molar-refractivity contribution in [2.24, 2.45) is 11.8 Å². The van der Waals surface area contributed by atoms with Gasteiger partial charge in [-0.3, -0.25) is 0 Å². The molecule has 0 aromatic carbocycles. The van der Waals surface area contributed by atoms with Crippen molar-refractivity contribution in [2.75, 3.05) is 0 Å². The largest absolute Gasteiger partial charge is 0.393 e. The van der Waals surface area contributed by atoms with E-state index in [1.807, 2.05) is 0 Å². The molecule has 3 unspecified atom stereocenters. The summed E-state index contributed by atoms with van der Waals surface area (Å²) in [5, 5.41) is 9.18. The van der Waals surface area contributed by atoms with Crippen molar-refractivity contribution in [1.29, 1.82) is 0 Å². The minimum Gasteiger partial charge on any atom is -0.393 e. The van der Waals surface area contributed by atoms with Crippen LogP contribution in [0.25, 0.3) is 0 Å². The summed E-state index contributed by atoms with van der Waals surface area (Å²) in [6.45, 7) is 1.42. The van der Waals surface area contributed by atoms with E-state index in [1.54, 1.807) is 6.08 Å². The fourth-order valence-electron chi connectivity index (χ4n) is 1.74. The molecule has 0 spiro atoms. The topological polar surface area (TPSA) is 20.2 Å². The standard InChI is InChI=1S/C9H13F3O/c1-6(13)7-4-2-3-5-8(7)9(10,11)12/h2-3,6-8,13H,4-5H2,1H3. The van der Waals surface area contributed by atoms with Crippen molar-refractivity contribution in [3.8, 4) is 0 Å². The lowest BCUT2D eigenvalue weighted by Crippen LogP contribution is -2.36. The molecule has 0 radical (unpaired) electrons. The summed E-state index contributed by atoms with van der Waals surface area (Å²) in [6, 6.07) is 0. The average molecular weight is 194 g/mol. The van der Waals surface area contributed by atoms with Crippen LogP contribution in [0.3, 0.4) is 0 Å². The van der Waals surface area contributed by atoms with Gasteiger partial charge in [0.05, 0.1) is 12.0 Å². The van der Waals surface area contributed by atoms with Gasteiger partial charge in [0.1, 0.15) is 0 Å². The lowest BCUT2D eigenvalue weighted by Gasteiger charge is -2.31. The molecular formula is C9H13F3O. The van der Waals surface area contributed by atoms with Crippen molar-refractivity contribution in [2.45, 2.75) is 32.0 Å². The van der Waals surface area contributed by atoms with Gasteiger partial charge in [-0.05, 0) is 25.7 Å². The van der Waals surface area contributed by atoms with Crippen LogP contribution >= 0.6 is 0 Å². The number of alkyl halides is 3. The molecule has 0 amide bonds. The molecule has 1 N–H and O–H groups in total. The molecule has 1 aliphatic rings. The fraction of sp³-hybridized carbons (Fsp3) is 0.778. The second-order valence-electron chi connectivity index (χ2n) is 3.50. The molecule has 76 valence electrons. The quantitative estimate of drug-likeness (QED) is 0.636. The van der Waals surface area contributed by atoms with Gasteiger partial charge in [-0.2, -0.15) is 13.2 Å². The first-order valence-corrected chi connectivity index (χ1v) is 4.32. The lowest BCUT2D eigenvalue weighted by atomic mass is 9.79. The maximum atomic E-state index is 12.4. The normalized spacial score (nSPS) is 31.8. The molecule has 0 aromatic rings. The van der Waals surface area contributed by atoms with Gasteiger partial charge in [-0.15, -0.1) is 0 Å². The molecule has 1 rings (SSSR count). The number of hydrogen-bond donors (Lipinski definition) is 1. The summed E-state index contributed by atoms with van der Waals surface area (Å²) >= 11 is 0. The Hall–Kier alpha value is -0.510. The van der Waals surface area contributed by atoms with E-state index in [-0.39, 0.29) is 6.42 Å². The molecule has 1 aliphatic carbocycles. The van der Waals surface area contributed by atoms with Crippen LogP contribution in [0, 0.1) is 11.8 Å². The first-order valence-electron chi connectivity index (χ1n) is 4.32. The zero-order valence-corrected chi connectivity index (χ0v) is 7.38. The number of aliphatic hydroxyl groups is 1. The SMILES string of the molecule is CC(O)C1CC=CCC1C(F)(F)F. The summed E-state index contributed by atoms with van der Waals surface area (Å²) in [4.78, 5) is 0. The van der Waals surface area contributed by atoms with E-state index in [2.05, 4.69) is 0 Å². The van der Waals surface area contributed by atoms with E-state index in [0.717, 1.165) is 0 Å². The zero-order chi connectivity index (χ0) is 10.1. The third-order valence-electron chi connectivity index (χ3n) is 2.52. The molecule has 0 aromatic heterocycles. The number of halogens is 3. The highest BCUT2D eigenvalue weighted by molar-refractivity contribution is 4.98. The predicted molar refractivity (Wildman–Crippen MR) is 43.1 cm³/mol. The lowest BCUT2D eigenvalue weighted by molar-refractivity contribution is -0.197. The third-order valence-corrected chi connectivity index (χ3v) is 2.52. The van der Waals surface area contributed by atoms with Crippen molar-refractivity contribution in [3.05, 3.63) is 12.2 Å². The van der Waals surface area contributed by atoms with Gasteiger partial charge in [0, 0.05) is 0 Å². The van der Waals surface area contributed by atoms with Gasteiger partial charge in [0.25, 0.3) is 0 Å². The number of rotatable bonds is 1. The Bertz CT molecular complexity index is 196. The highest BCUT2D eigenvalue weighted by atomic mass is 19.4. The molecule has 0 saturated heterocycles. The first kappa shape index (κ1) is 10.6. The first-order chi connectivity index (χ1) is 5.93. The minimum atomic E-state index is -4.19. The van der Waals surface area contributed by atoms with Gasteiger partial charge in [0.2, 0.25) is 0 Å². The van der Waals surface area contributed by atoms with E-state index < -0.39 is 24.1 Å². The van der Waals surface area contributed by atoms with Crippen LogP contribution in [0.5, 0.6) is 0 Å². The maximum Gasteiger partial charge on any atom is 0.392 e. The van der Waals surface area contributed by atoms with Crippen molar-refractivity contribution < 1.29 is 18.3 Å². The van der Waals surface area contributed by atoms with Crippen molar-refractivity contribution >= 4 is 0 Å². The zero-order valence-electron chi connectivity index (χ0n) is 7.38. The molecule has 4 heteroatoms. The molecule has 0 fully saturated rings. The Morgan fingerprint density at radius 1 is 1.31 bits per heavy atom. The Labute approximate surface area is 75.3 Å². The maximum absolute atomic E-state index is 12.4. The molecule has 0 bridgehead atoms. The Balaban J connectivity index is 2.75. The van der Waals surface area contributed by atoms with Crippen LogP contribution in [0.4, 0.5) is 13.2 Å². The van der Waals surface area contributed by atoms with Crippen LogP contribution in [0.2, 0.25) is 0 Å². The third kappa shape index (κ3) is 2.46. The van der Waals surface area contributed by atoms with Crippen LogP contribution in [-0.4, -0.2) is 17.4 Å². The average Bonchev–Trinajstić information content (AvgIpc) is 2.03. The van der Waals surface area contributed by atoms with Gasteiger partial charge in [-0.1, -0.05) is 12.2 Å². The van der Waals surface area contributed by atoms with Crippen LogP contribution in [-0.2, 0) is 0 Å². The van der Waals surface area contributed by atoms with E-state index >= 15 is 0 Å². The Kier molecular flexibility index (Phi) is 3.01. The van der Waals surface area contributed by atoms with Crippen LogP contribution < -0.4 is 0 Å². The fourth-order valence-corrected chi connectivity index (χ4v) is 1.74. The van der Waals surface area contributed by atoms with Crippen LogP contribution in [0.15, 0.2) is 12.2 Å².